The van der Waals surface area contributed by atoms with Crippen LogP contribution in [0.2, 0.25) is 5.02 Å². The molecular formula is C17H14ClN3. The van der Waals surface area contributed by atoms with Crippen molar-refractivity contribution < 1.29 is 0 Å². The highest BCUT2D eigenvalue weighted by Crippen LogP contribution is 2.27. The maximum Gasteiger partial charge on any atom is 0.148 e. The van der Waals surface area contributed by atoms with E-state index in [2.05, 4.69) is 17.4 Å². The molecule has 0 atom stereocenters. The molecule has 0 saturated heterocycles. The average Bonchev–Trinajstić information content (AvgIpc) is 2.88. The summed E-state index contributed by atoms with van der Waals surface area (Å²) >= 11 is 6.15. The van der Waals surface area contributed by atoms with E-state index in [9.17, 15) is 0 Å². The molecule has 0 spiro atoms. The van der Waals surface area contributed by atoms with E-state index < -0.39 is 0 Å². The third-order valence-corrected chi connectivity index (χ3v) is 3.98. The number of imidazole rings is 1. The number of hydrogen-bond donors (Lipinski definition) is 0. The fourth-order valence-corrected chi connectivity index (χ4v) is 3.01. The van der Waals surface area contributed by atoms with Gasteiger partial charge in [0.25, 0.3) is 0 Å². The normalized spacial score (nSPS) is 11.7. The molecule has 4 rings (SSSR count). The van der Waals surface area contributed by atoms with E-state index in [1.165, 1.54) is 0 Å². The predicted molar refractivity (Wildman–Crippen MR) is 87.0 cm³/mol. The number of aromatic nitrogens is 3. The zero-order chi connectivity index (χ0) is 14.4. The summed E-state index contributed by atoms with van der Waals surface area (Å²) in [6, 6.07) is 14.0. The summed E-state index contributed by atoms with van der Waals surface area (Å²) in [6.45, 7) is 2.17. The van der Waals surface area contributed by atoms with Gasteiger partial charge in [-0.2, -0.15) is 0 Å². The molecule has 4 aromatic rings. The number of para-hydroxylation sites is 2. The Labute approximate surface area is 127 Å². The molecule has 21 heavy (non-hydrogen) atoms. The van der Waals surface area contributed by atoms with E-state index in [-0.39, 0.29) is 0 Å². The van der Waals surface area contributed by atoms with E-state index in [0.717, 1.165) is 46.2 Å². The Morgan fingerprint density at radius 2 is 1.90 bits per heavy atom. The van der Waals surface area contributed by atoms with Crippen LogP contribution in [-0.2, 0) is 6.42 Å². The Bertz CT molecular complexity index is 972. The van der Waals surface area contributed by atoms with E-state index in [4.69, 9.17) is 21.6 Å². The fraction of sp³-hybridized carbons (Fsp3) is 0.176. The Kier molecular flexibility index (Phi) is 2.82. The van der Waals surface area contributed by atoms with Gasteiger partial charge in [-0.05, 0) is 36.8 Å². The summed E-state index contributed by atoms with van der Waals surface area (Å²) in [5.41, 5.74) is 3.98. The number of hydrogen-bond acceptors (Lipinski definition) is 2. The molecule has 3 nitrogen and oxygen atoms in total. The lowest BCUT2D eigenvalue weighted by Crippen LogP contribution is -2.01. The van der Waals surface area contributed by atoms with Crippen molar-refractivity contribution in [1.29, 1.82) is 0 Å². The van der Waals surface area contributed by atoms with Crippen LogP contribution in [0.4, 0.5) is 0 Å². The first-order valence-corrected chi connectivity index (χ1v) is 7.51. The molecule has 0 aliphatic heterocycles. The zero-order valence-electron chi connectivity index (χ0n) is 11.7. The van der Waals surface area contributed by atoms with Gasteiger partial charge in [0.2, 0.25) is 0 Å². The van der Waals surface area contributed by atoms with E-state index in [0.29, 0.717) is 5.02 Å². The smallest absolute Gasteiger partial charge is 0.148 e. The molecule has 0 aliphatic carbocycles. The monoisotopic (exact) mass is 295 g/mol. The van der Waals surface area contributed by atoms with Gasteiger partial charge in [0, 0.05) is 16.8 Å². The highest BCUT2D eigenvalue weighted by molar-refractivity contribution is 6.31. The van der Waals surface area contributed by atoms with Gasteiger partial charge in [0.1, 0.15) is 11.5 Å². The topological polar surface area (TPSA) is 30.2 Å². The highest BCUT2D eigenvalue weighted by atomic mass is 35.5. The van der Waals surface area contributed by atoms with Crippen LogP contribution in [0.5, 0.6) is 0 Å². The van der Waals surface area contributed by atoms with E-state index >= 15 is 0 Å². The van der Waals surface area contributed by atoms with Crippen LogP contribution in [0.15, 0.2) is 42.5 Å². The van der Waals surface area contributed by atoms with Crippen molar-refractivity contribution >= 4 is 39.2 Å². The Morgan fingerprint density at radius 3 is 2.76 bits per heavy atom. The molecule has 0 radical (unpaired) electrons. The van der Waals surface area contributed by atoms with Gasteiger partial charge in [-0.3, -0.25) is 4.40 Å². The Balaban J connectivity index is 2.25. The summed E-state index contributed by atoms with van der Waals surface area (Å²) in [7, 11) is 0. The largest absolute Gasteiger partial charge is 0.280 e. The second-order valence-corrected chi connectivity index (χ2v) is 5.64. The minimum Gasteiger partial charge on any atom is -0.280 e. The third kappa shape index (κ3) is 1.88. The van der Waals surface area contributed by atoms with Crippen molar-refractivity contribution in [3.8, 4) is 0 Å². The maximum absolute atomic E-state index is 6.15. The second kappa shape index (κ2) is 4.71. The molecule has 2 heterocycles. The van der Waals surface area contributed by atoms with Gasteiger partial charge in [-0.1, -0.05) is 30.7 Å². The van der Waals surface area contributed by atoms with E-state index in [1.54, 1.807) is 0 Å². The minimum atomic E-state index is 0.710. The maximum atomic E-state index is 6.15. The molecular weight excluding hydrogens is 282 g/mol. The van der Waals surface area contributed by atoms with Crippen LogP contribution in [0.1, 0.15) is 19.2 Å². The van der Waals surface area contributed by atoms with Crippen molar-refractivity contribution in [2.45, 2.75) is 19.8 Å². The number of aryl methyl sites for hydroxylation is 1. The second-order valence-electron chi connectivity index (χ2n) is 5.20. The number of fused-ring (bicyclic) bond motifs is 5. The summed E-state index contributed by atoms with van der Waals surface area (Å²) in [5, 5.41) is 1.71. The first-order valence-electron chi connectivity index (χ1n) is 7.13. The molecule has 2 aromatic heterocycles. The third-order valence-electron chi connectivity index (χ3n) is 3.74. The lowest BCUT2D eigenvalue weighted by atomic mass is 10.2. The van der Waals surface area contributed by atoms with Crippen LogP contribution in [-0.4, -0.2) is 14.4 Å². The standard InChI is InChI=1S/C17H14ClN3/c1-2-5-16-19-13-9-8-11(18)10-12(13)17-20-14-6-3-4-7-15(14)21(16)17/h3-4,6-10H,2,5H2,1H3. The first kappa shape index (κ1) is 12.6. The van der Waals surface area contributed by atoms with Crippen molar-refractivity contribution in [1.82, 2.24) is 14.4 Å². The molecule has 0 unspecified atom stereocenters. The Hall–Kier alpha value is -2.13. The van der Waals surface area contributed by atoms with Crippen molar-refractivity contribution in [3.63, 3.8) is 0 Å². The molecule has 0 saturated carbocycles. The number of halogens is 1. The van der Waals surface area contributed by atoms with Crippen LogP contribution < -0.4 is 0 Å². The van der Waals surface area contributed by atoms with Crippen molar-refractivity contribution in [2.24, 2.45) is 0 Å². The van der Waals surface area contributed by atoms with Crippen molar-refractivity contribution in [2.75, 3.05) is 0 Å². The van der Waals surface area contributed by atoms with Crippen LogP contribution in [0.3, 0.4) is 0 Å². The number of nitrogens with zero attached hydrogens (tertiary/aromatic N) is 3. The van der Waals surface area contributed by atoms with Crippen molar-refractivity contribution in [3.05, 3.63) is 53.3 Å². The molecule has 104 valence electrons. The fourth-order valence-electron chi connectivity index (χ4n) is 2.83. The van der Waals surface area contributed by atoms with Gasteiger partial charge in [-0.25, -0.2) is 9.97 Å². The SMILES string of the molecule is CCCc1nc2ccc(Cl)cc2c2nc3ccccc3n12. The molecule has 0 N–H and O–H groups in total. The number of benzene rings is 2. The molecule has 0 fully saturated rings. The van der Waals surface area contributed by atoms with Crippen LogP contribution in [0.25, 0.3) is 27.6 Å². The van der Waals surface area contributed by atoms with Gasteiger partial charge < -0.3 is 0 Å². The lowest BCUT2D eigenvalue weighted by molar-refractivity contribution is 0.829. The Morgan fingerprint density at radius 1 is 1.05 bits per heavy atom. The van der Waals surface area contributed by atoms with Crippen LogP contribution in [0, 0.1) is 0 Å². The average molecular weight is 296 g/mol. The predicted octanol–water partition coefficient (Wildman–Crippen LogP) is 4.64. The molecule has 4 heteroatoms. The van der Waals surface area contributed by atoms with Gasteiger partial charge in [-0.15, -0.1) is 0 Å². The summed E-state index contributed by atoms with van der Waals surface area (Å²) in [6.07, 6.45) is 1.98. The minimum absolute atomic E-state index is 0.710. The quantitative estimate of drug-likeness (QED) is 0.539. The molecule has 2 aromatic carbocycles. The summed E-state index contributed by atoms with van der Waals surface area (Å²) < 4.78 is 2.16. The first-order chi connectivity index (χ1) is 10.3. The van der Waals surface area contributed by atoms with Crippen LogP contribution >= 0.6 is 11.6 Å². The summed E-state index contributed by atoms with van der Waals surface area (Å²) in [5.74, 6) is 1.05. The van der Waals surface area contributed by atoms with E-state index in [1.807, 2.05) is 36.4 Å². The molecule has 0 aliphatic rings. The highest BCUT2D eigenvalue weighted by Gasteiger charge is 2.13. The molecule has 0 bridgehead atoms. The van der Waals surface area contributed by atoms with Gasteiger partial charge in [0.05, 0.1) is 16.6 Å². The number of rotatable bonds is 2. The molecule has 0 amide bonds. The summed E-state index contributed by atoms with van der Waals surface area (Å²) in [4.78, 5) is 9.61. The lowest BCUT2D eigenvalue weighted by Gasteiger charge is -2.08. The zero-order valence-corrected chi connectivity index (χ0v) is 12.4. The van der Waals surface area contributed by atoms with Gasteiger partial charge in [0.15, 0.2) is 0 Å². The van der Waals surface area contributed by atoms with Gasteiger partial charge >= 0.3 is 0 Å².